The summed E-state index contributed by atoms with van der Waals surface area (Å²) < 4.78 is 16.4. The standard InChI is InChI=1S/C26H27NO5/c1-2-30-26(29)15-11-21-10-14-23(16-25(21)28)31-17-19-8-12-22(13-9-19)32-18-24(27)20-6-4-3-5-7-20/h3-10,12-14,16,27-28H,2,11,15,17-18H2,1H3. The summed E-state index contributed by atoms with van der Waals surface area (Å²) in [6, 6.07) is 22.0. The maximum atomic E-state index is 11.5. The maximum Gasteiger partial charge on any atom is 0.306 e. The number of hydrogen-bond donors (Lipinski definition) is 2. The van der Waals surface area contributed by atoms with Gasteiger partial charge in [0.15, 0.2) is 0 Å². The Kier molecular flexibility index (Phi) is 8.26. The Morgan fingerprint density at radius 2 is 1.66 bits per heavy atom. The van der Waals surface area contributed by atoms with Crippen molar-refractivity contribution in [2.24, 2.45) is 0 Å². The Bertz CT molecular complexity index is 1030. The molecule has 0 unspecified atom stereocenters. The van der Waals surface area contributed by atoms with E-state index in [4.69, 9.17) is 19.6 Å². The first-order valence-corrected chi connectivity index (χ1v) is 10.5. The lowest BCUT2D eigenvalue weighted by Gasteiger charge is -2.11. The number of aryl methyl sites for hydroxylation is 1. The van der Waals surface area contributed by atoms with E-state index in [9.17, 15) is 9.90 Å². The number of phenolic OH excluding ortho intramolecular Hbond substituents is 1. The van der Waals surface area contributed by atoms with E-state index in [2.05, 4.69) is 0 Å². The van der Waals surface area contributed by atoms with Gasteiger partial charge in [0.25, 0.3) is 0 Å². The molecule has 3 aromatic rings. The lowest BCUT2D eigenvalue weighted by Crippen LogP contribution is -2.11. The topological polar surface area (TPSA) is 88.8 Å². The number of rotatable bonds is 11. The van der Waals surface area contributed by atoms with Crippen molar-refractivity contribution < 1.29 is 24.1 Å². The number of hydrogen-bond acceptors (Lipinski definition) is 6. The number of nitrogens with one attached hydrogen (secondary N) is 1. The van der Waals surface area contributed by atoms with Gasteiger partial charge in [-0.1, -0.05) is 48.5 Å². The van der Waals surface area contributed by atoms with Crippen LogP contribution in [0.1, 0.15) is 30.0 Å². The first kappa shape index (κ1) is 22.9. The normalized spacial score (nSPS) is 10.4. The molecule has 2 N–H and O–H groups in total. The van der Waals surface area contributed by atoms with Gasteiger partial charge in [-0.25, -0.2) is 0 Å². The number of carbonyl (C=O) groups is 1. The van der Waals surface area contributed by atoms with Crippen LogP contribution in [0.4, 0.5) is 0 Å². The van der Waals surface area contributed by atoms with Gasteiger partial charge in [0, 0.05) is 12.5 Å². The largest absolute Gasteiger partial charge is 0.508 e. The molecule has 6 heteroatoms. The van der Waals surface area contributed by atoms with E-state index in [1.807, 2.05) is 54.6 Å². The molecule has 0 heterocycles. The van der Waals surface area contributed by atoms with Crippen molar-refractivity contribution in [1.82, 2.24) is 0 Å². The number of ether oxygens (including phenoxy) is 3. The van der Waals surface area contributed by atoms with Crippen molar-refractivity contribution in [2.75, 3.05) is 13.2 Å². The molecule has 0 aromatic heterocycles. The summed E-state index contributed by atoms with van der Waals surface area (Å²) in [6.07, 6.45) is 0.634. The minimum absolute atomic E-state index is 0.0939. The molecule has 3 aromatic carbocycles. The van der Waals surface area contributed by atoms with Gasteiger partial charge in [0.2, 0.25) is 0 Å². The second-order valence-electron chi connectivity index (χ2n) is 7.16. The highest BCUT2D eigenvalue weighted by Crippen LogP contribution is 2.25. The van der Waals surface area contributed by atoms with Crippen molar-refractivity contribution >= 4 is 11.7 Å². The zero-order valence-electron chi connectivity index (χ0n) is 18.0. The molecule has 0 radical (unpaired) electrons. The molecule has 0 fully saturated rings. The predicted octanol–water partition coefficient (Wildman–Crippen LogP) is 4.91. The molecule has 3 rings (SSSR count). The first-order chi connectivity index (χ1) is 15.5. The average molecular weight is 434 g/mol. The fraction of sp³-hybridized carbons (Fsp3) is 0.231. The van der Waals surface area contributed by atoms with Crippen LogP contribution in [0, 0.1) is 5.41 Å². The van der Waals surface area contributed by atoms with Crippen molar-refractivity contribution in [3.8, 4) is 17.2 Å². The van der Waals surface area contributed by atoms with Gasteiger partial charge >= 0.3 is 5.97 Å². The van der Waals surface area contributed by atoms with Crippen LogP contribution in [-0.4, -0.2) is 30.0 Å². The van der Waals surface area contributed by atoms with Crippen LogP contribution < -0.4 is 9.47 Å². The predicted molar refractivity (Wildman–Crippen MR) is 123 cm³/mol. The van der Waals surface area contributed by atoms with Crippen LogP contribution in [0.3, 0.4) is 0 Å². The summed E-state index contributed by atoms with van der Waals surface area (Å²) in [5, 5.41) is 18.3. The molecule has 32 heavy (non-hydrogen) atoms. The fourth-order valence-electron chi connectivity index (χ4n) is 3.04. The number of carbonyl (C=O) groups excluding carboxylic acids is 1. The summed E-state index contributed by atoms with van der Waals surface area (Å²) in [4.78, 5) is 11.5. The number of benzene rings is 3. The van der Waals surface area contributed by atoms with Crippen molar-refractivity contribution in [2.45, 2.75) is 26.4 Å². The van der Waals surface area contributed by atoms with Crippen molar-refractivity contribution in [3.05, 3.63) is 89.5 Å². The van der Waals surface area contributed by atoms with E-state index in [1.165, 1.54) is 0 Å². The average Bonchev–Trinajstić information content (AvgIpc) is 2.82. The number of aromatic hydroxyl groups is 1. The van der Waals surface area contributed by atoms with E-state index >= 15 is 0 Å². The molecular formula is C26H27NO5. The molecule has 0 atom stereocenters. The highest BCUT2D eigenvalue weighted by Gasteiger charge is 2.08. The third-order valence-electron chi connectivity index (χ3n) is 4.79. The summed E-state index contributed by atoms with van der Waals surface area (Å²) in [7, 11) is 0. The van der Waals surface area contributed by atoms with E-state index in [-0.39, 0.29) is 24.7 Å². The molecule has 0 saturated carbocycles. The SMILES string of the molecule is CCOC(=O)CCc1ccc(OCc2ccc(OCC(=N)c3ccccc3)cc2)cc1O. The molecule has 166 valence electrons. The second-order valence-corrected chi connectivity index (χ2v) is 7.16. The Labute approximate surface area is 187 Å². The smallest absolute Gasteiger partial charge is 0.306 e. The van der Waals surface area contributed by atoms with Gasteiger partial charge in [0.05, 0.1) is 12.3 Å². The Morgan fingerprint density at radius 1 is 0.938 bits per heavy atom. The third kappa shape index (κ3) is 6.87. The van der Waals surface area contributed by atoms with E-state index in [1.54, 1.807) is 25.1 Å². The molecule has 0 bridgehead atoms. The zero-order valence-corrected chi connectivity index (χ0v) is 18.0. The van der Waals surface area contributed by atoms with Gasteiger partial charge in [-0.3, -0.25) is 4.79 Å². The molecular weight excluding hydrogens is 406 g/mol. The minimum Gasteiger partial charge on any atom is -0.508 e. The molecule has 0 amide bonds. The van der Waals surface area contributed by atoms with Gasteiger partial charge in [-0.2, -0.15) is 0 Å². The zero-order chi connectivity index (χ0) is 22.8. The number of esters is 1. The molecule has 0 aliphatic heterocycles. The van der Waals surface area contributed by atoms with E-state index < -0.39 is 0 Å². The lowest BCUT2D eigenvalue weighted by molar-refractivity contribution is -0.143. The van der Waals surface area contributed by atoms with Gasteiger partial charge in [-0.05, 0) is 48.2 Å². The summed E-state index contributed by atoms with van der Waals surface area (Å²) >= 11 is 0. The van der Waals surface area contributed by atoms with Crippen LogP contribution in [0.25, 0.3) is 0 Å². The summed E-state index contributed by atoms with van der Waals surface area (Å²) in [5.74, 6) is 1.03. The molecule has 0 aliphatic carbocycles. The number of phenols is 1. The van der Waals surface area contributed by atoms with Crippen LogP contribution >= 0.6 is 0 Å². The van der Waals surface area contributed by atoms with Gasteiger partial charge < -0.3 is 24.7 Å². The molecule has 0 spiro atoms. The van der Waals surface area contributed by atoms with Crippen molar-refractivity contribution in [3.63, 3.8) is 0 Å². The summed E-state index contributed by atoms with van der Waals surface area (Å²) in [6.45, 7) is 2.64. The summed E-state index contributed by atoms with van der Waals surface area (Å²) in [5.41, 5.74) is 2.88. The van der Waals surface area contributed by atoms with Gasteiger partial charge in [0.1, 0.15) is 30.5 Å². The Morgan fingerprint density at radius 3 is 2.34 bits per heavy atom. The lowest BCUT2D eigenvalue weighted by atomic mass is 10.1. The van der Waals surface area contributed by atoms with Crippen molar-refractivity contribution in [1.29, 1.82) is 5.41 Å². The minimum atomic E-state index is -0.281. The fourth-order valence-corrected chi connectivity index (χ4v) is 3.04. The van der Waals surface area contributed by atoms with Crippen LogP contribution in [0.15, 0.2) is 72.8 Å². The van der Waals surface area contributed by atoms with Crippen LogP contribution in [0.5, 0.6) is 17.2 Å². The van der Waals surface area contributed by atoms with Crippen LogP contribution in [-0.2, 0) is 22.6 Å². The Hall–Kier alpha value is -3.80. The van der Waals surface area contributed by atoms with Crippen LogP contribution in [0.2, 0.25) is 0 Å². The maximum absolute atomic E-state index is 11.5. The van der Waals surface area contributed by atoms with E-state index in [0.717, 1.165) is 11.1 Å². The Balaban J connectivity index is 1.47. The molecule has 6 nitrogen and oxygen atoms in total. The highest BCUT2D eigenvalue weighted by molar-refractivity contribution is 5.99. The monoisotopic (exact) mass is 433 g/mol. The van der Waals surface area contributed by atoms with E-state index in [0.29, 0.717) is 42.4 Å². The highest BCUT2D eigenvalue weighted by atomic mass is 16.5. The molecule has 0 saturated heterocycles. The second kappa shape index (κ2) is 11.6. The first-order valence-electron chi connectivity index (χ1n) is 10.5. The third-order valence-corrected chi connectivity index (χ3v) is 4.79. The molecule has 0 aliphatic rings. The van der Waals surface area contributed by atoms with Gasteiger partial charge in [-0.15, -0.1) is 0 Å². The quantitative estimate of drug-likeness (QED) is 0.331.